The Morgan fingerprint density at radius 1 is 1.50 bits per heavy atom. The Hall–Kier alpha value is -0.770. The number of amides is 2. The lowest BCUT2D eigenvalue weighted by molar-refractivity contribution is 0.194. The molecule has 4 nitrogen and oxygen atoms in total. The van der Waals surface area contributed by atoms with E-state index >= 15 is 0 Å². The van der Waals surface area contributed by atoms with E-state index in [1.54, 1.807) is 0 Å². The molecule has 0 saturated carbocycles. The molecule has 2 fully saturated rings. The van der Waals surface area contributed by atoms with Crippen molar-refractivity contribution < 1.29 is 4.79 Å². The van der Waals surface area contributed by atoms with Crippen LogP contribution in [0.4, 0.5) is 4.79 Å². The van der Waals surface area contributed by atoms with Crippen molar-refractivity contribution in [3.05, 3.63) is 0 Å². The van der Waals surface area contributed by atoms with Crippen LogP contribution in [0.15, 0.2) is 0 Å². The van der Waals surface area contributed by atoms with Gasteiger partial charge >= 0.3 is 6.03 Å². The minimum Gasteiger partial charge on any atom is -0.336 e. The third-order valence-corrected chi connectivity index (χ3v) is 2.77. The molecule has 0 bridgehead atoms. The van der Waals surface area contributed by atoms with Gasteiger partial charge < -0.3 is 15.5 Å². The van der Waals surface area contributed by atoms with Crippen molar-refractivity contribution in [2.45, 2.75) is 25.4 Å². The van der Waals surface area contributed by atoms with Gasteiger partial charge in [-0.2, -0.15) is 0 Å². The molecule has 12 heavy (non-hydrogen) atoms. The molecule has 2 amide bonds. The smallest absolute Gasteiger partial charge is 0.317 e. The number of hydrogen-bond donors (Lipinski definition) is 2. The Labute approximate surface area is 72.3 Å². The van der Waals surface area contributed by atoms with Crippen molar-refractivity contribution in [1.29, 1.82) is 0 Å². The van der Waals surface area contributed by atoms with Crippen molar-refractivity contribution in [2.24, 2.45) is 0 Å². The summed E-state index contributed by atoms with van der Waals surface area (Å²) in [6.07, 6.45) is 1.09. The van der Waals surface area contributed by atoms with Crippen molar-refractivity contribution in [3.8, 4) is 0 Å². The van der Waals surface area contributed by atoms with Gasteiger partial charge in [-0.1, -0.05) is 0 Å². The van der Waals surface area contributed by atoms with Gasteiger partial charge in [0.2, 0.25) is 0 Å². The van der Waals surface area contributed by atoms with Crippen LogP contribution in [0.5, 0.6) is 0 Å². The van der Waals surface area contributed by atoms with Gasteiger partial charge in [0.05, 0.1) is 0 Å². The van der Waals surface area contributed by atoms with Crippen LogP contribution in [0.1, 0.15) is 13.3 Å². The first-order valence-electron chi connectivity index (χ1n) is 4.57. The summed E-state index contributed by atoms with van der Waals surface area (Å²) in [6, 6.07) is 0.969. The molecular weight excluding hydrogens is 154 g/mol. The molecule has 2 rings (SSSR count). The summed E-state index contributed by atoms with van der Waals surface area (Å²) >= 11 is 0. The summed E-state index contributed by atoms with van der Waals surface area (Å²) in [5.74, 6) is 0. The Morgan fingerprint density at radius 2 is 2.33 bits per heavy atom. The summed E-state index contributed by atoms with van der Waals surface area (Å²) in [6.45, 7) is 4.86. The van der Waals surface area contributed by atoms with Crippen LogP contribution >= 0.6 is 0 Å². The van der Waals surface area contributed by atoms with Gasteiger partial charge in [0, 0.05) is 25.2 Å². The number of hydrogen-bond acceptors (Lipinski definition) is 2. The van der Waals surface area contributed by atoms with Crippen LogP contribution in [-0.4, -0.2) is 42.6 Å². The van der Waals surface area contributed by atoms with Gasteiger partial charge in [-0.3, -0.25) is 0 Å². The molecule has 0 aromatic heterocycles. The van der Waals surface area contributed by atoms with Crippen molar-refractivity contribution >= 4 is 6.03 Å². The van der Waals surface area contributed by atoms with Crippen LogP contribution in [0, 0.1) is 0 Å². The Bertz CT molecular complexity index is 195. The van der Waals surface area contributed by atoms with Crippen LogP contribution in [0.2, 0.25) is 0 Å². The van der Waals surface area contributed by atoms with Crippen LogP contribution < -0.4 is 10.6 Å². The van der Waals surface area contributed by atoms with E-state index < -0.39 is 0 Å². The normalized spacial score (nSPS) is 35.8. The van der Waals surface area contributed by atoms with Gasteiger partial charge in [-0.25, -0.2) is 4.79 Å². The lowest BCUT2D eigenvalue weighted by Gasteiger charge is -2.25. The highest BCUT2D eigenvalue weighted by Gasteiger charge is 2.33. The minimum atomic E-state index is 0.107. The zero-order chi connectivity index (χ0) is 8.55. The third kappa shape index (κ3) is 1.16. The Balaban J connectivity index is 2.03. The van der Waals surface area contributed by atoms with Crippen molar-refractivity contribution in [2.75, 3.05) is 19.6 Å². The van der Waals surface area contributed by atoms with Crippen LogP contribution in [-0.2, 0) is 0 Å². The molecule has 2 N–H and O–H groups in total. The molecule has 2 atom stereocenters. The average molecular weight is 169 g/mol. The minimum absolute atomic E-state index is 0.107. The molecule has 0 aromatic carbocycles. The second-order valence-electron chi connectivity index (χ2n) is 3.52. The van der Waals surface area contributed by atoms with Crippen molar-refractivity contribution in [1.82, 2.24) is 15.5 Å². The Kier molecular flexibility index (Phi) is 1.92. The maximum absolute atomic E-state index is 11.3. The van der Waals surface area contributed by atoms with Crippen LogP contribution in [0.25, 0.3) is 0 Å². The van der Waals surface area contributed by atoms with Gasteiger partial charge in [-0.15, -0.1) is 0 Å². The largest absolute Gasteiger partial charge is 0.336 e. The van der Waals surface area contributed by atoms with E-state index in [1.165, 1.54) is 0 Å². The molecule has 68 valence electrons. The van der Waals surface area contributed by atoms with Gasteiger partial charge in [-0.05, 0) is 19.9 Å². The number of carbonyl (C=O) groups excluding carboxylic acids is 1. The molecule has 4 heteroatoms. The maximum atomic E-state index is 11.3. The number of nitrogens with one attached hydrogen (secondary N) is 2. The summed E-state index contributed by atoms with van der Waals surface area (Å²) < 4.78 is 0. The standard InChI is InChI=1S/C8H15N3O/c1-6-7(2-3-9-6)11-5-4-10-8(11)12/h6-7,9H,2-5H2,1H3,(H,10,12). The first-order valence-corrected chi connectivity index (χ1v) is 4.57. The first-order chi connectivity index (χ1) is 5.79. The fourth-order valence-corrected chi connectivity index (χ4v) is 2.07. The highest BCUT2D eigenvalue weighted by molar-refractivity contribution is 5.76. The molecule has 2 saturated heterocycles. The fraction of sp³-hybridized carbons (Fsp3) is 0.875. The number of carbonyl (C=O) groups is 1. The summed E-state index contributed by atoms with van der Waals surface area (Å²) in [7, 11) is 0. The zero-order valence-corrected chi connectivity index (χ0v) is 7.34. The molecule has 0 aliphatic carbocycles. The van der Waals surface area contributed by atoms with E-state index in [2.05, 4.69) is 17.6 Å². The average Bonchev–Trinajstić information content (AvgIpc) is 2.59. The predicted molar refractivity (Wildman–Crippen MR) is 46.0 cm³/mol. The molecule has 0 aromatic rings. The maximum Gasteiger partial charge on any atom is 0.317 e. The lowest BCUT2D eigenvalue weighted by atomic mass is 10.1. The van der Waals surface area contributed by atoms with E-state index in [0.717, 1.165) is 26.1 Å². The molecular formula is C8H15N3O. The number of urea groups is 1. The van der Waals surface area contributed by atoms with Crippen LogP contribution in [0.3, 0.4) is 0 Å². The zero-order valence-electron chi connectivity index (χ0n) is 7.34. The van der Waals surface area contributed by atoms with Gasteiger partial charge in [0.15, 0.2) is 0 Å². The monoisotopic (exact) mass is 169 g/mol. The summed E-state index contributed by atoms with van der Waals surface area (Å²) in [4.78, 5) is 13.2. The summed E-state index contributed by atoms with van der Waals surface area (Å²) in [5, 5.41) is 6.17. The Morgan fingerprint density at radius 3 is 2.83 bits per heavy atom. The highest BCUT2D eigenvalue weighted by Crippen LogP contribution is 2.16. The lowest BCUT2D eigenvalue weighted by Crippen LogP contribution is -2.43. The SMILES string of the molecule is CC1NCCC1N1CCNC1=O. The van der Waals surface area contributed by atoms with E-state index in [-0.39, 0.29) is 6.03 Å². The van der Waals surface area contributed by atoms with Gasteiger partial charge in [0.25, 0.3) is 0 Å². The third-order valence-electron chi connectivity index (χ3n) is 2.77. The van der Waals surface area contributed by atoms with E-state index in [1.807, 2.05) is 4.90 Å². The molecule has 0 spiro atoms. The molecule has 2 aliphatic heterocycles. The van der Waals surface area contributed by atoms with E-state index in [9.17, 15) is 4.79 Å². The molecule has 2 unspecified atom stereocenters. The molecule has 0 radical (unpaired) electrons. The van der Waals surface area contributed by atoms with Crippen molar-refractivity contribution in [3.63, 3.8) is 0 Å². The topological polar surface area (TPSA) is 44.4 Å². The molecule has 2 heterocycles. The molecule has 2 aliphatic rings. The quantitative estimate of drug-likeness (QED) is 0.569. The second kappa shape index (κ2) is 2.94. The number of nitrogens with zero attached hydrogens (tertiary/aromatic N) is 1. The number of rotatable bonds is 1. The fourth-order valence-electron chi connectivity index (χ4n) is 2.07. The highest BCUT2D eigenvalue weighted by atomic mass is 16.2. The first kappa shape index (κ1) is 7.86. The second-order valence-corrected chi connectivity index (χ2v) is 3.52. The van der Waals surface area contributed by atoms with Gasteiger partial charge in [0.1, 0.15) is 0 Å². The van der Waals surface area contributed by atoms with E-state index in [0.29, 0.717) is 12.1 Å². The van der Waals surface area contributed by atoms with E-state index in [4.69, 9.17) is 0 Å². The summed E-state index contributed by atoms with van der Waals surface area (Å²) in [5.41, 5.74) is 0. The predicted octanol–water partition coefficient (Wildman–Crippen LogP) is -0.238.